The van der Waals surface area contributed by atoms with E-state index in [1.165, 1.54) is 12.5 Å². The Balaban J connectivity index is 1.57. The quantitative estimate of drug-likeness (QED) is 0.458. The van der Waals surface area contributed by atoms with Crippen LogP contribution in [0.5, 0.6) is 11.5 Å². The van der Waals surface area contributed by atoms with Gasteiger partial charge in [-0.05, 0) is 36.2 Å². The second kappa shape index (κ2) is 8.12. The molecule has 1 atom stereocenters. The van der Waals surface area contributed by atoms with Gasteiger partial charge in [-0.2, -0.15) is 0 Å². The second-order valence-electron chi connectivity index (χ2n) is 7.24. The molecule has 0 aliphatic carbocycles. The molecule has 2 heterocycles. The molecule has 0 unspecified atom stereocenters. The van der Waals surface area contributed by atoms with E-state index >= 15 is 0 Å². The summed E-state index contributed by atoms with van der Waals surface area (Å²) in [7, 11) is 4.75. The third kappa shape index (κ3) is 3.48. The number of rotatable bonds is 7. The third-order valence-corrected chi connectivity index (χ3v) is 5.34. The van der Waals surface area contributed by atoms with Crippen molar-refractivity contribution in [3.63, 3.8) is 0 Å². The van der Waals surface area contributed by atoms with Crippen molar-refractivity contribution < 1.29 is 19.0 Å². The van der Waals surface area contributed by atoms with Crippen molar-refractivity contribution in [2.45, 2.75) is 12.5 Å². The van der Waals surface area contributed by atoms with Crippen molar-refractivity contribution in [1.82, 2.24) is 9.55 Å². The minimum absolute atomic E-state index is 0.190. The van der Waals surface area contributed by atoms with E-state index in [1.807, 2.05) is 36.5 Å². The zero-order valence-electron chi connectivity index (χ0n) is 17.3. The Morgan fingerprint density at radius 3 is 2.67 bits per heavy atom. The van der Waals surface area contributed by atoms with Gasteiger partial charge in [-0.25, -0.2) is 4.79 Å². The summed E-state index contributed by atoms with van der Waals surface area (Å²) < 4.78 is 18.2. The molecule has 0 saturated carbocycles. The van der Waals surface area contributed by atoms with Gasteiger partial charge >= 0.3 is 5.97 Å². The zero-order chi connectivity index (χ0) is 21.3. The summed E-state index contributed by atoms with van der Waals surface area (Å²) >= 11 is 0. The number of aromatic amines is 1. The lowest BCUT2D eigenvalue weighted by Crippen LogP contribution is -2.30. The standard InChI is InChI=1S/C23H25N3O4/c1-26-19(23(27)29-3)11-17-20(8-9-21(28-2)22(17)26)30-13-15(24)10-14-12-25-18-7-5-4-6-16(14)18/h4-9,11-12,15,25H,10,13,24H2,1-3H3/t15-/m0/s1. The number of benzene rings is 2. The molecule has 0 aliphatic rings. The van der Waals surface area contributed by atoms with Crippen molar-refractivity contribution in [3.05, 3.63) is 59.9 Å². The van der Waals surface area contributed by atoms with Crippen LogP contribution in [0.15, 0.2) is 48.7 Å². The Morgan fingerprint density at radius 1 is 1.13 bits per heavy atom. The van der Waals surface area contributed by atoms with Crippen molar-refractivity contribution in [1.29, 1.82) is 0 Å². The maximum atomic E-state index is 12.1. The van der Waals surface area contributed by atoms with Gasteiger partial charge in [0.15, 0.2) is 0 Å². The molecule has 3 N–H and O–H groups in total. The Labute approximate surface area is 174 Å². The predicted molar refractivity (Wildman–Crippen MR) is 116 cm³/mol. The van der Waals surface area contributed by atoms with Gasteiger partial charge in [0.25, 0.3) is 0 Å². The summed E-state index contributed by atoms with van der Waals surface area (Å²) in [5, 5.41) is 1.95. The Hall–Kier alpha value is -3.45. The number of carbonyl (C=O) groups is 1. The number of esters is 1. The molecule has 0 radical (unpaired) electrons. The third-order valence-electron chi connectivity index (χ3n) is 5.34. The summed E-state index contributed by atoms with van der Waals surface area (Å²) in [6.45, 7) is 0.337. The number of aryl methyl sites for hydroxylation is 1. The molecular formula is C23H25N3O4. The molecule has 30 heavy (non-hydrogen) atoms. The fourth-order valence-electron chi connectivity index (χ4n) is 3.84. The number of para-hydroxylation sites is 1. The van der Waals surface area contributed by atoms with Crippen LogP contribution >= 0.6 is 0 Å². The number of nitrogens with one attached hydrogen (secondary N) is 1. The number of hydrogen-bond donors (Lipinski definition) is 2. The van der Waals surface area contributed by atoms with Crippen molar-refractivity contribution >= 4 is 27.8 Å². The molecule has 0 saturated heterocycles. The van der Waals surface area contributed by atoms with Crippen LogP contribution in [0.1, 0.15) is 16.1 Å². The lowest BCUT2D eigenvalue weighted by atomic mass is 10.1. The maximum Gasteiger partial charge on any atom is 0.354 e. The van der Waals surface area contributed by atoms with Crippen LogP contribution in [0, 0.1) is 0 Å². The second-order valence-corrected chi connectivity index (χ2v) is 7.24. The summed E-state index contributed by atoms with van der Waals surface area (Å²) in [6.07, 6.45) is 2.68. The fraction of sp³-hybridized carbons (Fsp3) is 0.261. The summed E-state index contributed by atoms with van der Waals surface area (Å²) in [5.74, 6) is 0.877. The van der Waals surface area contributed by atoms with Crippen LogP contribution in [-0.2, 0) is 18.2 Å². The first-order valence-electron chi connectivity index (χ1n) is 9.71. The van der Waals surface area contributed by atoms with Crippen LogP contribution in [0.2, 0.25) is 0 Å². The van der Waals surface area contributed by atoms with Crippen LogP contribution in [0.25, 0.3) is 21.8 Å². The van der Waals surface area contributed by atoms with Crippen molar-refractivity contribution in [2.75, 3.05) is 20.8 Å². The van der Waals surface area contributed by atoms with Gasteiger partial charge in [-0.15, -0.1) is 0 Å². The van der Waals surface area contributed by atoms with E-state index in [4.69, 9.17) is 19.9 Å². The zero-order valence-corrected chi connectivity index (χ0v) is 17.3. The molecule has 7 heteroatoms. The van der Waals surface area contributed by atoms with Gasteiger partial charge in [-0.3, -0.25) is 0 Å². The van der Waals surface area contributed by atoms with Gasteiger partial charge in [0.2, 0.25) is 0 Å². The minimum atomic E-state index is -0.419. The molecule has 0 bridgehead atoms. The number of nitrogens with two attached hydrogens (primary N) is 1. The monoisotopic (exact) mass is 407 g/mol. The van der Waals surface area contributed by atoms with Crippen LogP contribution in [0.4, 0.5) is 0 Å². The van der Waals surface area contributed by atoms with Crippen LogP contribution in [-0.4, -0.2) is 42.4 Å². The molecular weight excluding hydrogens is 382 g/mol. The molecule has 4 aromatic rings. The Morgan fingerprint density at radius 2 is 1.90 bits per heavy atom. The van der Waals surface area contributed by atoms with Gasteiger partial charge in [0, 0.05) is 35.6 Å². The molecule has 156 valence electrons. The summed E-state index contributed by atoms with van der Waals surface area (Å²) in [4.78, 5) is 15.4. The highest BCUT2D eigenvalue weighted by atomic mass is 16.5. The van der Waals surface area contributed by atoms with E-state index in [-0.39, 0.29) is 6.04 Å². The molecule has 0 amide bonds. The smallest absolute Gasteiger partial charge is 0.354 e. The number of ether oxygens (including phenoxy) is 3. The van der Waals surface area contributed by atoms with Crippen molar-refractivity contribution in [2.24, 2.45) is 12.8 Å². The molecule has 0 aliphatic heterocycles. The number of H-pyrrole nitrogens is 1. The van der Waals surface area contributed by atoms with Gasteiger partial charge in [0.05, 0.1) is 19.7 Å². The Kier molecular flexibility index (Phi) is 5.37. The first-order chi connectivity index (χ1) is 14.5. The van der Waals surface area contributed by atoms with E-state index in [2.05, 4.69) is 11.1 Å². The van der Waals surface area contributed by atoms with E-state index < -0.39 is 5.97 Å². The predicted octanol–water partition coefficient (Wildman–Crippen LogP) is 3.40. The highest BCUT2D eigenvalue weighted by Crippen LogP contribution is 2.35. The molecule has 2 aromatic heterocycles. The number of carbonyl (C=O) groups excluding carboxylic acids is 1. The first kappa shape index (κ1) is 19.8. The van der Waals surface area contributed by atoms with E-state index in [9.17, 15) is 4.79 Å². The summed E-state index contributed by atoms with van der Waals surface area (Å²) in [5.41, 5.74) is 9.81. The molecule has 4 rings (SSSR count). The molecule has 0 fully saturated rings. The number of fused-ring (bicyclic) bond motifs is 2. The largest absolute Gasteiger partial charge is 0.495 e. The molecule has 7 nitrogen and oxygen atoms in total. The van der Waals surface area contributed by atoms with E-state index in [1.54, 1.807) is 24.8 Å². The van der Waals surface area contributed by atoms with Gasteiger partial charge in [-0.1, -0.05) is 18.2 Å². The number of methoxy groups -OCH3 is 2. The molecule has 0 spiro atoms. The Bertz CT molecular complexity index is 1210. The molecule has 2 aromatic carbocycles. The topological polar surface area (TPSA) is 91.5 Å². The summed E-state index contributed by atoms with van der Waals surface area (Å²) in [6, 6.07) is 13.4. The van der Waals surface area contributed by atoms with Gasteiger partial charge < -0.3 is 29.5 Å². The lowest BCUT2D eigenvalue weighted by molar-refractivity contribution is 0.0590. The maximum absolute atomic E-state index is 12.1. The number of hydrogen-bond acceptors (Lipinski definition) is 5. The average Bonchev–Trinajstić information content (AvgIpc) is 3.33. The number of nitrogens with zero attached hydrogens (tertiary/aromatic N) is 1. The minimum Gasteiger partial charge on any atom is -0.495 e. The number of aromatic nitrogens is 2. The SMILES string of the molecule is COC(=O)c1cc2c(OC[C@@H](N)Cc3c[nH]c4ccccc34)ccc(OC)c2n1C. The van der Waals surface area contributed by atoms with Crippen molar-refractivity contribution in [3.8, 4) is 11.5 Å². The highest BCUT2D eigenvalue weighted by Gasteiger charge is 2.20. The fourth-order valence-corrected chi connectivity index (χ4v) is 3.84. The highest BCUT2D eigenvalue weighted by molar-refractivity contribution is 6.00. The first-order valence-corrected chi connectivity index (χ1v) is 9.71. The van der Waals surface area contributed by atoms with E-state index in [0.717, 1.165) is 22.0 Å². The average molecular weight is 407 g/mol. The van der Waals surface area contributed by atoms with Crippen LogP contribution < -0.4 is 15.2 Å². The lowest BCUT2D eigenvalue weighted by Gasteiger charge is -2.15. The van der Waals surface area contributed by atoms with E-state index in [0.29, 0.717) is 30.2 Å². The normalized spacial score (nSPS) is 12.3. The van der Waals surface area contributed by atoms with Gasteiger partial charge in [0.1, 0.15) is 23.8 Å². The van der Waals surface area contributed by atoms with Crippen LogP contribution in [0.3, 0.4) is 0 Å².